The van der Waals surface area contributed by atoms with Crippen LogP contribution < -0.4 is 0 Å². The second-order valence-corrected chi connectivity index (χ2v) is 5.58. The molecule has 0 aliphatic carbocycles. The molecule has 74 valence electrons. The molecule has 0 bridgehead atoms. The monoisotopic (exact) mass is 194 g/mol. The Balaban J connectivity index is 4.09. The lowest BCUT2D eigenvalue weighted by molar-refractivity contribution is 0.0546. The highest BCUT2D eigenvalue weighted by Gasteiger charge is 2.30. The fourth-order valence-corrected chi connectivity index (χ4v) is 0.908. The van der Waals surface area contributed by atoms with E-state index in [2.05, 4.69) is 0 Å². The lowest BCUT2D eigenvalue weighted by Gasteiger charge is -2.31. The average molecular weight is 195 g/mol. The van der Waals surface area contributed by atoms with Gasteiger partial charge >= 0.3 is 0 Å². The summed E-state index contributed by atoms with van der Waals surface area (Å²) in [5, 5.41) is 18.6. The molecule has 0 rings (SSSR count). The maximum absolute atomic E-state index is 9.61. The number of rotatable bonds is 4. The van der Waals surface area contributed by atoms with E-state index in [4.69, 9.17) is 16.7 Å². The number of aliphatic hydroxyl groups is 2. The highest BCUT2D eigenvalue weighted by atomic mass is 35.5. The zero-order valence-electron chi connectivity index (χ0n) is 8.26. The molecule has 2 N–H and O–H groups in total. The molecule has 0 saturated heterocycles. The van der Waals surface area contributed by atoms with Crippen LogP contribution in [0, 0.1) is 5.41 Å². The van der Waals surface area contributed by atoms with Gasteiger partial charge in [-0.25, -0.2) is 0 Å². The lowest BCUT2D eigenvalue weighted by Crippen LogP contribution is -2.35. The molecule has 0 aliphatic heterocycles. The molecule has 1 atom stereocenters. The van der Waals surface area contributed by atoms with Gasteiger partial charge < -0.3 is 10.2 Å². The van der Waals surface area contributed by atoms with Crippen LogP contribution in [-0.2, 0) is 0 Å². The molecular formula is C9H19ClO2. The van der Waals surface area contributed by atoms with Crippen LogP contribution >= 0.6 is 11.6 Å². The number of alkyl halides is 1. The third-order valence-corrected chi connectivity index (χ3v) is 2.22. The van der Waals surface area contributed by atoms with Crippen LogP contribution in [-0.4, -0.2) is 27.8 Å². The molecule has 0 saturated carbocycles. The minimum Gasteiger partial charge on any atom is -0.396 e. The van der Waals surface area contributed by atoms with E-state index < -0.39 is 11.0 Å². The molecule has 3 heteroatoms. The molecule has 0 heterocycles. The van der Waals surface area contributed by atoms with E-state index >= 15 is 0 Å². The van der Waals surface area contributed by atoms with Gasteiger partial charge in [0.25, 0.3) is 0 Å². The minimum absolute atomic E-state index is 0.0665. The van der Waals surface area contributed by atoms with Gasteiger partial charge in [0, 0.05) is 6.61 Å². The van der Waals surface area contributed by atoms with Crippen molar-refractivity contribution < 1.29 is 10.2 Å². The molecule has 2 nitrogen and oxygen atoms in total. The van der Waals surface area contributed by atoms with Crippen LogP contribution in [0.1, 0.15) is 34.1 Å². The van der Waals surface area contributed by atoms with Gasteiger partial charge in [0.15, 0.2) is 0 Å². The second-order valence-electron chi connectivity index (χ2n) is 4.61. The molecule has 1 unspecified atom stereocenters. The van der Waals surface area contributed by atoms with Gasteiger partial charge in [0.2, 0.25) is 0 Å². The van der Waals surface area contributed by atoms with Crippen LogP contribution in [0.4, 0.5) is 0 Å². The normalized spacial score (nSPS) is 16.2. The Morgan fingerprint density at radius 1 is 1.25 bits per heavy atom. The number of halogens is 1. The van der Waals surface area contributed by atoms with Crippen molar-refractivity contribution in [3.8, 4) is 0 Å². The van der Waals surface area contributed by atoms with E-state index in [1.54, 1.807) is 13.8 Å². The Morgan fingerprint density at radius 2 is 1.67 bits per heavy atom. The Hall–Kier alpha value is 0.210. The van der Waals surface area contributed by atoms with Crippen molar-refractivity contribution in [2.24, 2.45) is 5.41 Å². The maximum Gasteiger partial charge on any atom is 0.0732 e. The number of hydrogen-bond acceptors (Lipinski definition) is 2. The zero-order valence-corrected chi connectivity index (χ0v) is 9.02. The summed E-state index contributed by atoms with van der Waals surface area (Å²) in [5.74, 6) is 0. The molecule has 0 spiro atoms. The fourth-order valence-electron chi connectivity index (χ4n) is 0.831. The first-order valence-corrected chi connectivity index (χ1v) is 4.55. The molecule has 0 aliphatic rings. The largest absolute Gasteiger partial charge is 0.396 e. The van der Waals surface area contributed by atoms with Gasteiger partial charge in [-0.15, -0.1) is 11.6 Å². The Bertz CT molecular complexity index is 138. The highest BCUT2D eigenvalue weighted by molar-refractivity contribution is 6.23. The van der Waals surface area contributed by atoms with Crippen LogP contribution in [0.2, 0.25) is 0 Å². The standard InChI is InChI=1S/C9H19ClO2/c1-8(2,6-11)5-7(12)9(3,4)10/h7,11-12H,5-6H2,1-4H3. The quantitative estimate of drug-likeness (QED) is 0.670. The van der Waals surface area contributed by atoms with Crippen LogP contribution in [0.5, 0.6) is 0 Å². The SMILES string of the molecule is CC(C)(CO)CC(O)C(C)(C)Cl. The molecule has 0 aromatic carbocycles. The molecule has 0 aromatic rings. The van der Waals surface area contributed by atoms with Gasteiger partial charge in [-0.05, 0) is 25.7 Å². The van der Waals surface area contributed by atoms with Crippen molar-refractivity contribution in [3.05, 3.63) is 0 Å². The summed E-state index contributed by atoms with van der Waals surface area (Å²) in [7, 11) is 0. The summed E-state index contributed by atoms with van der Waals surface area (Å²) in [6.07, 6.45) is -0.0682. The lowest BCUT2D eigenvalue weighted by atomic mass is 9.84. The summed E-state index contributed by atoms with van der Waals surface area (Å²) >= 11 is 5.92. The number of aliphatic hydroxyl groups excluding tert-OH is 2. The topological polar surface area (TPSA) is 40.5 Å². The Labute approximate surface area is 79.6 Å². The first kappa shape index (κ1) is 12.2. The molecule has 0 aromatic heterocycles. The van der Waals surface area contributed by atoms with Crippen molar-refractivity contribution in [2.75, 3.05) is 6.61 Å². The molecular weight excluding hydrogens is 176 g/mol. The van der Waals surface area contributed by atoms with E-state index in [-0.39, 0.29) is 12.0 Å². The Morgan fingerprint density at radius 3 is 1.92 bits per heavy atom. The summed E-state index contributed by atoms with van der Waals surface area (Å²) in [6.45, 7) is 7.41. The average Bonchev–Trinajstić information content (AvgIpc) is 1.85. The van der Waals surface area contributed by atoms with Gasteiger partial charge in [0.1, 0.15) is 0 Å². The van der Waals surface area contributed by atoms with Gasteiger partial charge in [-0.3, -0.25) is 0 Å². The van der Waals surface area contributed by atoms with E-state index in [1.165, 1.54) is 0 Å². The summed E-state index contributed by atoms with van der Waals surface area (Å²) in [5.41, 5.74) is -0.258. The predicted octanol–water partition coefficient (Wildman–Crippen LogP) is 1.77. The van der Waals surface area contributed by atoms with Crippen molar-refractivity contribution in [1.82, 2.24) is 0 Å². The number of hydrogen-bond donors (Lipinski definition) is 2. The van der Waals surface area contributed by atoms with Gasteiger partial charge in [-0.2, -0.15) is 0 Å². The third-order valence-electron chi connectivity index (χ3n) is 1.97. The van der Waals surface area contributed by atoms with Crippen LogP contribution in [0.15, 0.2) is 0 Å². The van der Waals surface area contributed by atoms with Crippen molar-refractivity contribution in [3.63, 3.8) is 0 Å². The van der Waals surface area contributed by atoms with Crippen molar-refractivity contribution in [1.29, 1.82) is 0 Å². The predicted molar refractivity (Wildman–Crippen MR) is 51.4 cm³/mol. The van der Waals surface area contributed by atoms with Crippen LogP contribution in [0.3, 0.4) is 0 Å². The van der Waals surface area contributed by atoms with Gasteiger partial charge in [-0.1, -0.05) is 13.8 Å². The molecule has 0 radical (unpaired) electrons. The first-order chi connectivity index (χ1) is 5.19. The molecule has 0 fully saturated rings. The van der Waals surface area contributed by atoms with Crippen molar-refractivity contribution >= 4 is 11.6 Å². The first-order valence-electron chi connectivity index (χ1n) is 4.17. The summed E-state index contributed by atoms with van der Waals surface area (Å²) < 4.78 is 0. The zero-order chi connectivity index (χ0) is 9.99. The third kappa shape index (κ3) is 4.29. The van der Waals surface area contributed by atoms with Gasteiger partial charge in [0.05, 0.1) is 11.0 Å². The summed E-state index contributed by atoms with van der Waals surface area (Å²) in [6, 6.07) is 0. The van der Waals surface area contributed by atoms with E-state index in [1.807, 2.05) is 13.8 Å². The van der Waals surface area contributed by atoms with E-state index in [9.17, 15) is 5.11 Å². The van der Waals surface area contributed by atoms with E-state index in [0.29, 0.717) is 6.42 Å². The van der Waals surface area contributed by atoms with Crippen LogP contribution in [0.25, 0.3) is 0 Å². The second kappa shape index (κ2) is 3.95. The van der Waals surface area contributed by atoms with E-state index in [0.717, 1.165) is 0 Å². The molecule has 0 amide bonds. The summed E-state index contributed by atoms with van der Waals surface area (Å²) in [4.78, 5) is -0.619. The molecule has 12 heavy (non-hydrogen) atoms. The highest BCUT2D eigenvalue weighted by Crippen LogP contribution is 2.29. The maximum atomic E-state index is 9.61. The smallest absolute Gasteiger partial charge is 0.0732 e. The van der Waals surface area contributed by atoms with Crippen molar-refractivity contribution in [2.45, 2.75) is 45.1 Å². The Kier molecular flexibility index (Phi) is 4.01. The minimum atomic E-state index is -0.619. The fraction of sp³-hybridized carbons (Fsp3) is 1.00.